The molecule has 5 nitrogen and oxygen atoms in total. The Morgan fingerprint density at radius 2 is 1.88 bits per heavy atom. The number of nitrogens with two attached hydrogens (primary N) is 1. The highest BCUT2D eigenvalue weighted by Crippen LogP contribution is 2.06. The monoisotopic (exact) mass is 251 g/mol. The van der Waals surface area contributed by atoms with E-state index >= 15 is 0 Å². The first-order chi connectivity index (χ1) is 7.47. The second kappa shape index (κ2) is 8.00. The molecule has 0 amide bonds. The summed E-state index contributed by atoms with van der Waals surface area (Å²) in [6.07, 6.45) is 2.67. The molecule has 0 saturated heterocycles. The van der Waals surface area contributed by atoms with Crippen molar-refractivity contribution < 1.29 is 8.42 Å². The molecule has 98 valence electrons. The molecule has 0 fully saturated rings. The van der Waals surface area contributed by atoms with Crippen molar-refractivity contribution in [1.29, 1.82) is 0 Å². The molecule has 0 aliphatic carbocycles. The van der Waals surface area contributed by atoms with Crippen molar-refractivity contribution in [2.75, 3.05) is 26.7 Å². The molecule has 3 N–H and O–H groups in total. The molecule has 0 spiro atoms. The van der Waals surface area contributed by atoms with Crippen LogP contribution in [0.2, 0.25) is 0 Å². The first-order valence-corrected chi connectivity index (χ1v) is 7.32. The van der Waals surface area contributed by atoms with Crippen molar-refractivity contribution in [3.8, 4) is 0 Å². The molecule has 0 saturated carbocycles. The summed E-state index contributed by atoms with van der Waals surface area (Å²) in [7, 11) is -1.75. The van der Waals surface area contributed by atoms with E-state index in [0.717, 1.165) is 12.8 Å². The van der Waals surface area contributed by atoms with Crippen molar-refractivity contribution in [2.45, 2.75) is 33.1 Å². The largest absolute Gasteiger partial charge is 0.330 e. The van der Waals surface area contributed by atoms with Crippen molar-refractivity contribution in [1.82, 2.24) is 9.03 Å². The zero-order valence-electron chi connectivity index (χ0n) is 10.6. The predicted molar refractivity (Wildman–Crippen MR) is 67.3 cm³/mol. The van der Waals surface area contributed by atoms with E-state index in [9.17, 15) is 8.42 Å². The number of rotatable bonds is 9. The summed E-state index contributed by atoms with van der Waals surface area (Å²) in [6, 6.07) is 0. The van der Waals surface area contributed by atoms with Crippen LogP contribution in [-0.4, -0.2) is 39.4 Å². The lowest BCUT2D eigenvalue weighted by molar-refractivity contribution is 0.432. The molecular weight excluding hydrogens is 226 g/mol. The van der Waals surface area contributed by atoms with E-state index in [4.69, 9.17) is 5.73 Å². The van der Waals surface area contributed by atoms with Gasteiger partial charge in [0.2, 0.25) is 0 Å². The Labute approximate surface area is 99.6 Å². The van der Waals surface area contributed by atoms with E-state index in [-0.39, 0.29) is 0 Å². The Morgan fingerprint density at radius 3 is 2.31 bits per heavy atom. The number of hydrogen-bond acceptors (Lipinski definition) is 3. The van der Waals surface area contributed by atoms with E-state index in [1.165, 1.54) is 4.31 Å². The zero-order chi connectivity index (χ0) is 12.6. The van der Waals surface area contributed by atoms with E-state index in [2.05, 4.69) is 18.6 Å². The van der Waals surface area contributed by atoms with Crippen LogP contribution in [-0.2, 0) is 10.2 Å². The van der Waals surface area contributed by atoms with Gasteiger partial charge in [-0.3, -0.25) is 0 Å². The van der Waals surface area contributed by atoms with Gasteiger partial charge >= 0.3 is 0 Å². The van der Waals surface area contributed by atoms with Gasteiger partial charge in [-0.1, -0.05) is 26.7 Å². The first kappa shape index (κ1) is 15.8. The molecule has 0 aromatic carbocycles. The summed E-state index contributed by atoms with van der Waals surface area (Å²) in [6.45, 7) is 5.63. The molecule has 0 aromatic rings. The van der Waals surface area contributed by atoms with E-state index in [1.54, 1.807) is 7.05 Å². The fourth-order valence-corrected chi connectivity index (χ4v) is 2.38. The lowest BCUT2D eigenvalue weighted by atomic mass is 10.0. The quantitative estimate of drug-likeness (QED) is 0.628. The van der Waals surface area contributed by atoms with Crippen LogP contribution in [0.25, 0.3) is 0 Å². The van der Waals surface area contributed by atoms with Crippen LogP contribution in [0.5, 0.6) is 0 Å². The zero-order valence-corrected chi connectivity index (χ0v) is 11.4. The van der Waals surface area contributed by atoms with Gasteiger partial charge in [-0.15, -0.1) is 0 Å². The van der Waals surface area contributed by atoms with E-state index in [0.29, 0.717) is 32.0 Å². The molecule has 0 aliphatic heterocycles. The molecule has 0 heterocycles. The van der Waals surface area contributed by atoms with Crippen LogP contribution in [0.1, 0.15) is 33.1 Å². The van der Waals surface area contributed by atoms with Crippen LogP contribution >= 0.6 is 0 Å². The van der Waals surface area contributed by atoms with Crippen molar-refractivity contribution in [2.24, 2.45) is 11.7 Å². The Bertz CT molecular complexity index is 263. The molecule has 0 aromatic heterocycles. The Morgan fingerprint density at radius 1 is 1.31 bits per heavy atom. The Kier molecular flexibility index (Phi) is 7.91. The molecule has 16 heavy (non-hydrogen) atoms. The second-order valence-electron chi connectivity index (χ2n) is 4.00. The maximum absolute atomic E-state index is 11.7. The minimum Gasteiger partial charge on any atom is -0.330 e. The minimum atomic E-state index is -3.32. The summed E-state index contributed by atoms with van der Waals surface area (Å²) in [5.74, 6) is 0.415. The highest BCUT2D eigenvalue weighted by Gasteiger charge is 2.17. The second-order valence-corrected chi connectivity index (χ2v) is 5.86. The normalized spacial score (nSPS) is 12.6. The van der Waals surface area contributed by atoms with Gasteiger partial charge in [0, 0.05) is 20.1 Å². The summed E-state index contributed by atoms with van der Waals surface area (Å²) < 4.78 is 27.4. The van der Waals surface area contributed by atoms with Crippen LogP contribution < -0.4 is 10.5 Å². The average Bonchev–Trinajstić information content (AvgIpc) is 2.27. The number of nitrogens with zero attached hydrogens (tertiary/aromatic N) is 1. The van der Waals surface area contributed by atoms with E-state index < -0.39 is 10.2 Å². The third kappa shape index (κ3) is 5.79. The highest BCUT2D eigenvalue weighted by molar-refractivity contribution is 7.87. The third-order valence-electron chi connectivity index (χ3n) is 2.80. The molecule has 0 atom stereocenters. The van der Waals surface area contributed by atoms with Gasteiger partial charge in [0.1, 0.15) is 0 Å². The van der Waals surface area contributed by atoms with Crippen LogP contribution in [0, 0.1) is 5.92 Å². The van der Waals surface area contributed by atoms with Gasteiger partial charge in [-0.2, -0.15) is 12.7 Å². The summed E-state index contributed by atoms with van der Waals surface area (Å²) >= 11 is 0. The molecule has 0 aliphatic rings. The maximum Gasteiger partial charge on any atom is 0.279 e. The van der Waals surface area contributed by atoms with Crippen LogP contribution in [0.15, 0.2) is 0 Å². The molecule has 0 rings (SSSR count). The number of hydrogen-bond donors (Lipinski definition) is 2. The summed E-state index contributed by atoms with van der Waals surface area (Å²) in [5.41, 5.74) is 5.34. The van der Waals surface area contributed by atoms with E-state index in [1.807, 2.05) is 0 Å². The highest BCUT2D eigenvalue weighted by atomic mass is 32.2. The molecule has 6 heteroatoms. The minimum absolute atomic E-state index is 0.415. The van der Waals surface area contributed by atoms with Crippen LogP contribution in [0.4, 0.5) is 0 Å². The third-order valence-corrected chi connectivity index (χ3v) is 4.33. The maximum atomic E-state index is 11.7. The van der Waals surface area contributed by atoms with Gasteiger partial charge in [-0.05, 0) is 18.9 Å². The topological polar surface area (TPSA) is 75.4 Å². The van der Waals surface area contributed by atoms with Crippen LogP contribution in [0.3, 0.4) is 0 Å². The van der Waals surface area contributed by atoms with Crippen molar-refractivity contribution in [3.63, 3.8) is 0 Å². The fourth-order valence-electron chi connectivity index (χ4n) is 1.34. The van der Waals surface area contributed by atoms with Gasteiger partial charge in [0.05, 0.1) is 0 Å². The standard InChI is InChI=1S/C10H25N3O2S/c1-4-10(5-2)9-12-16(14,15)13(3)8-6-7-11/h10,12H,4-9,11H2,1-3H3. The van der Waals surface area contributed by atoms with Crippen molar-refractivity contribution >= 4 is 10.2 Å². The lowest BCUT2D eigenvalue weighted by Gasteiger charge is -2.19. The van der Waals surface area contributed by atoms with Gasteiger partial charge < -0.3 is 5.73 Å². The SMILES string of the molecule is CCC(CC)CNS(=O)(=O)N(C)CCCN. The smallest absolute Gasteiger partial charge is 0.279 e. The fraction of sp³-hybridized carbons (Fsp3) is 1.00. The first-order valence-electron chi connectivity index (χ1n) is 5.88. The predicted octanol–water partition coefficient (Wildman–Crippen LogP) is 0.538. The summed E-state index contributed by atoms with van der Waals surface area (Å²) in [4.78, 5) is 0. The summed E-state index contributed by atoms with van der Waals surface area (Å²) in [5, 5.41) is 0. The molecule has 0 bridgehead atoms. The average molecular weight is 251 g/mol. The van der Waals surface area contributed by atoms with Gasteiger partial charge in [0.15, 0.2) is 0 Å². The van der Waals surface area contributed by atoms with Crippen molar-refractivity contribution in [3.05, 3.63) is 0 Å². The Hall–Kier alpha value is -0.170. The molecular formula is C10H25N3O2S. The van der Waals surface area contributed by atoms with Gasteiger partial charge in [-0.25, -0.2) is 4.72 Å². The van der Waals surface area contributed by atoms with Gasteiger partial charge in [0.25, 0.3) is 10.2 Å². The molecule has 0 unspecified atom stereocenters. The number of nitrogens with one attached hydrogen (secondary N) is 1. The molecule has 0 radical (unpaired) electrons. The Balaban J connectivity index is 4.13. The lowest BCUT2D eigenvalue weighted by Crippen LogP contribution is -2.41.